The van der Waals surface area contributed by atoms with Crippen molar-refractivity contribution in [3.05, 3.63) is 34.3 Å². The molecule has 1 saturated carbocycles. The molecule has 1 N–H and O–H groups in total. The van der Waals surface area contributed by atoms with E-state index in [2.05, 4.69) is 0 Å². The summed E-state index contributed by atoms with van der Waals surface area (Å²) in [6.45, 7) is 2.38. The van der Waals surface area contributed by atoms with Gasteiger partial charge in [-0.1, -0.05) is 23.7 Å². The van der Waals surface area contributed by atoms with E-state index in [1.54, 1.807) is 4.90 Å². The second-order valence-electron chi connectivity index (χ2n) is 5.24. The smallest absolute Gasteiger partial charge is 0.238 e. The van der Waals surface area contributed by atoms with Crippen LogP contribution in [0.4, 0.5) is 0 Å². The van der Waals surface area contributed by atoms with Crippen LogP contribution in [0, 0.1) is 6.92 Å². The first-order valence-electron chi connectivity index (χ1n) is 6.82. The van der Waals surface area contributed by atoms with E-state index in [0.29, 0.717) is 11.6 Å². The summed E-state index contributed by atoms with van der Waals surface area (Å²) in [6, 6.07) is 5.52. The lowest BCUT2D eigenvalue weighted by Gasteiger charge is -2.31. The molecule has 0 bridgehead atoms. The molecule has 110 valence electrons. The molecule has 2 atom stereocenters. The van der Waals surface area contributed by atoms with Crippen molar-refractivity contribution in [1.82, 2.24) is 4.90 Å². The highest BCUT2D eigenvalue weighted by Gasteiger charge is 2.33. The lowest BCUT2D eigenvalue weighted by atomic mass is 10.1. The summed E-state index contributed by atoms with van der Waals surface area (Å²) in [7, 11) is 0. The van der Waals surface area contributed by atoms with Gasteiger partial charge in [-0.3, -0.25) is 4.79 Å². The maximum atomic E-state index is 12.1. The zero-order valence-corrected chi connectivity index (χ0v) is 13.0. The molecule has 1 aliphatic rings. The van der Waals surface area contributed by atoms with E-state index in [1.807, 2.05) is 25.1 Å². The quantitative estimate of drug-likeness (QED) is 0.867. The summed E-state index contributed by atoms with van der Waals surface area (Å²) in [4.78, 5) is 13.8. The molecule has 3 nitrogen and oxygen atoms in total. The number of carbonyl (C=O) groups is 1. The van der Waals surface area contributed by atoms with Crippen LogP contribution in [-0.2, 0) is 11.3 Å². The third-order valence-electron chi connectivity index (χ3n) is 4.00. The van der Waals surface area contributed by atoms with Crippen molar-refractivity contribution in [2.75, 3.05) is 5.88 Å². The van der Waals surface area contributed by atoms with Gasteiger partial charge in [0.1, 0.15) is 5.88 Å². The highest BCUT2D eigenvalue weighted by atomic mass is 35.5. The average molecular weight is 316 g/mol. The first-order valence-corrected chi connectivity index (χ1v) is 7.73. The summed E-state index contributed by atoms with van der Waals surface area (Å²) in [5, 5.41) is 10.7. The van der Waals surface area contributed by atoms with E-state index >= 15 is 0 Å². The molecule has 5 heteroatoms. The van der Waals surface area contributed by atoms with E-state index in [0.717, 1.165) is 30.4 Å². The van der Waals surface area contributed by atoms with Crippen molar-refractivity contribution in [3.8, 4) is 0 Å². The maximum Gasteiger partial charge on any atom is 0.238 e. The van der Waals surface area contributed by atoms with Crippen molar-refractivity contribution in [3.63, 3.8) is 0 Å². The van der Waals surface area contributed by atoms with Crippen molar-refractivity contribution in [2.24, 2.45) is 0 Å². The van der Waals surface area contributed by atoms with Crippen LogP contribution in [0.15, 0.2) is 18.2 Å². The van der Waals surface area contributed by atoms with Gasteiger partial charge in [0.05, 0.1) is 12.1 Å². The van der Waals surface area contributed by atoms with Gasteiger partial charge in [0.25, 0.3) is 0 Å². The van der Waals surface area contributed by atoms with Crippen LogP contribution in [0.5, 0.6) is 0 Å². The van der Waals surface area contributed by atoms with Crippen LogP contribution < -0.4 is 0 Å². The lowest BCUT2D eigenvalue weighted by Crippen LogP contribution is -2.44. The number of hydrogen-bond donors (Lipinski definition) is 1. The number of nitrogens with zero attached hydrogens (tertiary/aromatic N) is 1. The third kappa shape index (κ3) is 3.27. The number of carbonyl (C=O) groups excluding carboxylic acids is 1. The third-order valence-corrected chi connectivity index (χ3v) is 4.64. The zero-order valence-electron chi connectivity index (χ0n) is 11.5. The van der Waals surface area contributed by atoms with Gasteiger partial charge in [-0.25, -0.2) is 0 Å². The van der Waals surface area contributed by atoms with E-state index in [-0.39, 0.29) is 17.8 Å². The summed E-state index contributed by atoms with van der Waals surface area (Å²) >= 11 is 11.8. The molecule has 0 saturated heterocycles. The van der Waals surface area contributed by atoms with E-state index in [1.165, 1.54) is 0 Å². The Morgan fingerprint density at radius 3 is 2.80 bits per heavy atom. The lowest BCUT2D eigenvalue weighted by molar-refractivity contribution is -0.133. The summed E-state index contributed by atoms with van der Waals surface area (Å²) < 4.78 is 0. The van der Waals surface area contributed by atoms with Gasteiger partial charge in [0.15, 0.2) is 0 Å². The second-order valence-corrected chi connectivity index (χ2v) is 5.92. The Balaban J connectivity index is 2.24. The minimum atomic E-state index is -0.457. The predicted molar refractivity (Wildman–Crippen MR) is 81.1 cm³/mol. The molecule has 1 aromatic carbocycles. The Bertz CT molecular complexity index is 493. The number of aliphatic hydroxyl groups is 1. The largest absolute Gasteiger partial charge is 0.391 e. The highest BCUT2D eigenvalue weighted by molar-refractivity contribution is 6.31. The van der Waals surface area contributed by atoms with Crippen molar-refractivity contribution in [1.29, 1.82) is 0 Å². The van der Waals surface area contributed by atoms with E-state index < -0.39 is 6.10 Å². The summed E-state index contributed by atoms with van der Waals surface area (Å²) in [6.07, 6.45) is 2.04. The van der Waals surface area contributed by atoms with Gasteiger partial charge in [-0.05, 0) is 43.4 Å². The molecule has 0 aromatic heterocycles. The fourth-order valence-electron chi connectivity index (χ4n) is 2.76. The molecule has 0 unspecified atom stereocenters. The van der Waals surface area contributed by atoms with Gasteiger partial charge < -0.3 is 10.0 Å². The highest BCUT2D eigenvalue weighted by Crippen LogP contribution is 2.27. The van der Waals surface area contributed by atoms with Crippen LogP contribution in [-0.4, -0.2) is 33.9 Å². The van der Waals surface area contributed by atoms with Crippen molar-refractivity contribution >= 4 is 29.1 Å². The molecule has 2 rings (SSSR count). The SMILES string of the molecule is Cc1c(Cl)cccc1CN(C(=O)CCl)[C@H]1CCC[C@@H]1O. The summed E-state index contributed by atoms with van der Waals surface area (Å²) in [5.74, 6) is -0.208. The number of benzene rings is 1. The number of rotatable bonds is 4. The summed E-state index contributed by atoms with van der Waals surface area (Å²) in [5.41, 5.74) is 1.96. The number of alkyl halides is 1. The van der Waals surface area contributed by atoms with Crippen LogP contribution in [0.2, 0.25) is 5.02 Å². The molecule has 0 radical (unpaired) electrons. The molecule has 0 spiro atoms. The van der Waals surface area contributed by atoms with E-state index in [9.17, 15) is 9.90 Å². The van der Waals surface area contributed by atoms with Gasteiger partial charge >= 0.3 is 0 Å². The molecule has 1 fully saturated rings. The van der Waals surface area contributed by atoms with Gasteiger partial charge in [-0.15, -0.1) is 11.6 Å². The van der Waals surface area contributed by atoms with Gasteiger partial charge in [0, 0.05) is 11.6 Å². The molecule has 1 amide bonds. The molecule has 0 aliphatic heterocycles. The van der Waals surface area contributed by atoms with Crippen molar-refractivity contribution < 1.29 is 9.90 Å². The Hall–Kier alpha value is -0.770. The molecule has 1 aliphatic carbocycles. The maximum absolute atomic E-state index is 12.1. The fourth-order valence-corrected chi connectivity index (χ4v) is 3.11. The molecular formula is C15H19Cl2NO2. The van der Waals surface area contributed by atoms with Crippen LogP contribution in [0.3, 0.4) is 0 Å². The molecule has 1 aromatic rings. The predicted octanol–water partition coefficient (Wildman–Crippen LogP) is 3.13. The fraction of sp³-hybridized carbons (Fsp3) is 0.533. The van der Waals surface area contributed by atoms with E-state index in [4.69, 9.17) is 23.2 Å². The number of amides is 1. The van der Waals surface area contributed by atoms with Crippen LogP contribution in [0.1, 0.15) is 30.4 Å². The number of aliphatic hydroxyl groups excluding tert-OH is 1. The zero-order chi connectivity index (χ0) is 14.7. The minimum absolute atomic E-state index is 0.0666. The molecule has 0 heterocycles. The average Bonchev–Trinajstić information content (AvgIpc) is 2.86. The van der Waals surface area contributed by atoms with Crippen LogP contribution >= 0.6 is 23.2 Å². The first kappa shape index (κ1) is 15.6. The normalized spacial score (nSPS) is 22.0. The topological polar surface area (TPSA) is 40.5 Å². The number of halogens is 2. The molecular weight excluding hydrogens is 297 g/mol. The Labute approximate surface area is 129 Å². The standard InChI is InChI=1S/C15H19Cl2NO2/c1-10-11(4-2-5-12(10)17)9-18(15(20)8-16)13-6-3-7-14(13)19/h2,4-5,13-14,19H,3,6-9H2,1H3/t13-,14-/m0/s1. The number of hydrogen-bond acceptors (Lipinski definition) is 2. The first-order chi connectivity index (χ1) is 9.54. The van der Waals surface area contributed by atoms with Gasteiger partial charge in [0.2, 0.25) is 5.91 Å². The minimum Gasteiger partial charge on any atom is -0.391 e. The Morgan fingerprint density at radius 2 is 2.20 bits per heavy atom. The molecule has 20 heavy (non-hydrogen) atoms. The Morgan fingerprint density at radius 1 is 1.45 bits per heavy atom. The van der Waals surface area contributed by atoms with Crippen molar-refractivity contribution in [2.45, 2.75) is 44.9 Å². The monoisotopic (exact) mass is 315 g/mol. The Kier molecular flexibility index (Phi) is 5.30. The van der Waals surface area contributed by atoms with Crippen LogP contribution in [0.25, 0.3) is 0 Å². The second kappa shape index (κ2) is 6.79. The van der Waals surface area contributed by atoms with Gasteiger partial charge in [-0.2, -0.15) is 0 Å².